The number of likely N-dealkylation sites (tertiary alicyclic amines) is 2. The van der Waals surface area contributed by atoms with E-state index in [0.717, 1.165) is 56.8 Å². The van der Waals surface area contributed by atoms with Crippen LogP contribution in [0.25, 0.3) is 6.08 Å². The van der Waals surface area contributed by atoms with Crippen molar-refractivity contribution in [1.82, 2.24) is 19.4 Å². The second kappa shape index (κ2) is 18.3. The number of aromatic nitrogens is 2. The minimum absolute atomic E-state index is 0.0608. The second-order valence-electron chi connectivity index (χ2n) is 13.9. The van der Waals surface area contributed by atoms with Gasteiger partial charge >= 0.3 is 0 Å². The van der Waals surface area contributed by atoms with E-state index in [0.29, 0.717) is 61.5 Å². The number of furan rings is 1. The summed E-state index contributed by atoms with van der Waals surface area (Å²) in [7, 11) is 4.66. The van der Waals surface area contributed by atoms with Crippen LogP contribution in [0.2, 0.25) is 0 Å². The van der Waals surface area contributed by atoms with Gasteiger partial charge in [0.15, 0.2) is 17.3 Å². The van der Waals surface area contributed by atoms with E-state index in [-0.39, 0.29) is 23.0 Å². The average molecular weight is 737 g/mol. The number of piperidine rings is 1. The van der Waals surface area contributed by atoms with E-state index in [1.54, 1.807) is 45.9 Å². The quantitative estimate of drug-likeness (QED) is 0.0639. The van der Waals surface area contributed by atoms with Gasteiger partial charge in [0.1, 0.15) is 12.4 Å². The Balaban J connectivity index is 1.09. The zero-order valence-corrected chi connectivity index (χ0v) is 31.9. The van der Waals surface area contributed by atoms with Gasteiger partial charge in [0, 0.05) is 36.5 Å². The first-order valence-electron chi connectivity index (χ1n) is 18.8. The number of amides is 1. The van der Waals surface area contributed by atoms with E-state index in [9.17, 15) is 9.59 Å². The number of ketones is 1. The molecule has 2 fully saturated rings. The van der Waals surface area contributed by atoms with Gasteiger partial charge < -0.3 is 37.7 Å². The summed E-state index contributed by atoms with van der Waals surface area (Å²) in [5, 5.41) is 0. The average Bonchev–Trinajstić information content (AvgIpc) is 4.00. The molecule has 4 heterocycles. The molecule has 286 valence electrons. The van der Waals surface area contributed by atoms with Crippen molar-refractivity contribution >= 4 is 17.8 Å². The van der Waals surface area contributed by atoms with Gasteiger partial charge in [-0.1, -0.05) is 48.6 Å². The Morgan fingerprint density at radius 2 is 1.70 bits per heavy atom. The molecule has 1 atom stereocenters. The monoisotopic (exact) mass is 736 g/mol. The van der Waals surface area contributed by atoms with Crippen LogP contribution in [0.5, 0.6) is 17.2 Å². The molecule has 1 unspecified atom stereocenters. The number of carbonyl (C=O) groups excluding carboxylic acids is 2. The van der Waals surface area contributed by atoms with Crippen LogP contribution in [0.3, 0.4) is 0 Å². The highest BCUT2D eigenvalue weighted by atomic mass is 16.5. The molecule has 0 spiro atoms. The number of imidazole rings is 1. The maximum absolute atomic E-state index is 14.0. The number of carbonyl (C=O) groups is 2. The van der Waals surface area contributed by atoms with Gasteiger partial charge in [-0.05, 0) is 88.1 Å². The highest BCUT2D eigenvalue weighted by Gasteiger charge is 2.42. The van der Waals surface area contributed by atoms with Crippen molar-refractivity contribution < 1.29 is 33.0 Å². The summed E-state index contributed by atoms with van der Waals surface area (Å²) in [5.74, 6) is 2.55. The highest BCUT2D eigenvalue weighted by Crippen LogP contribution is 2.41. The second-order valence-corrected chi connectivity index (χ2v) is 13.9. The molecule has 0 radical (unpaired) electrons. The Labute approximate surface area is 318 Å². The van der Waals surface area contributed by atoms with Gasteiger partial charge in [-0.15, -0.1) is 0 Å². The predicted molar refractivity (Wildman–Crippen MR) is 207 cm³/mol. The molecule has 0 aliphatic carbocycles. The SMILES string of the molecule is C/C=C\C=C/c1cnc(C(=O)C2CCN(CCC3(c4ccccc4)CCN(C(=O)c4cc(OC)c(OC)c(OC)c4)C3)CC2)n1CCOCc1ccco1. The van der Waals surface area contributed by atoms with E-state index >= 15 is 0 Å². The summed E-state index contributed by atoms with van der Waals surface area (Å²) in [6.45, 7) is 7.08. The largest absolute Gasteiger partial charge is 0.493 e. The molecule has 2 aliphatic rings. The number of Topliss-reactive ketones (excluding diaryl/α,β-unsaturated/α-hetero) is 1. The summed E-state index contributed by atoms with van der Waals surface area (Å²) in [4.78, 5) is 37.0. The number of methoxy groups -OCH3 is 3. The summed E-state index contributed by atoms with van der Waals surface area (Å²) in [6, 6.07) is 17.7. The molecule has 0 bridgehead atoms. The fraction of sp³-hybridized carbons (Fsp3) is 0.419. The Hall–Kier alpha value is -5.13. The molecule has 0 saturated carbocycles. The lowest BCUT2D eigenvalue weighted by atomic mass is 9.76. The van der Waals surface area contributed by atoms with Crippen molar-refractivity contribution in [3.05, 3.63) is 114 Å². The minimum atomic E-state index is -0.190. The van der Waals surface area contributed by atoms with Crippen molar-refractivity contribution in [3.8, 4) is 17.2 Å². The lowest BCUT2D eigenvalue weighted by molar-refractivity contribution is 0.0777. The molecule has 4 aromatic rings. The summed E-state index contributed by atoms with van der Waals surface area (Å²) < 4.78 is 29.8. The normalized spacial score (nSPS) is 18.2. The van der Waals surface area contributed by atoms with Crippen LogP contribution in [0, 0.1) is 5.92 Å². The first-order valence-corrected chi connectivity index (χ1v) is 18.8. The van der Waals surface area contributed by atoms with Crippen molar-refractivity contribution in [2.45, 2.75) is 51.2 Å². The highest BCUT2D eigenvalue weighted by molar-refractivity contribution is 5.96. The molecular formula is C43H52N4O7. The Bertz CT molecular complexity index is 1870. The van der Waals surface area contributed by atoms with Crippen LogP contribution < -0.4 is 14.2 Å². The van der Waals surface area contributed by atoms with Crippen molar-refractivity contribution in [2.24, 2.45) is 5.92 Å². The first-order chi connectivity index (χ1) is 26.4. The van der Waals surface area contributed by atoms with Crippen molar-refractivity contribution in [3.63, 3.8) is 0 Å². The maximum atomic E-state index is 14.0. The maximum Gasteiger partial charge on any atom is 0.254 e. The van der Waals surface area contributed by atoms with Gasteiger partial charge in [-0.25, -0.2) is 4.98 Å². The van der Waals surface area contributed by atoms with Gasteiger partial charge in [-0.2, -0.15) is 0 Å². The number of rotatable bonds is 17. The molecule has 0 N–H and O–H groups in total. The van der Waals surface area contributed by atoms with E-state index in [1.165, 1.54) is 5.56 Å². The molecule has 1 amide bonds. The van der Waals surface area contributed by atoms with Crippen molar-refractivity contribution in [2.75, 3.05) is 60.7 Å². The minimum Gasteiger partial charge on any atom is -0.493 e. The topological polar surface area (TPSA) is 109 Å². The summed E-state index contributed by atoms with van der Waals surface area (Å²) in [6.07, 6.45) is 14.6. The predicted octanol–water partition coefficient (Wildman–Crippen LogP) is 7.08. The lowest BCUT2D eigenvalue weighted by Crippen LogP contribution is -2.41. The number of hydrogen-bond donors (Lipinski definition) is 0. The fourth-order valence-corrected chi connectivity index (χ4v) is 7.72. The van der Waals surface area contributed by atoms with Crippen LogP contribution in [0.1, 0.15) is 70.6 Å². The Kier molecular flexibility index (Phi) is 13.1. The first kappa shape index (κ1) is 38.6. The van der Waals surface area contributed by atoms with Crippen LogP contribution in [-0.4, -0.2) is 91.7 Å². The van der Waals surface area contributed by atoms with E-state index in [1.807, 2.05) is 58.9 Å². The van der Waals surface area contributed by atoms with Gasteiger partial charge in [0.25, 0.3) is 5.91 Å². The standard InChI is InChI=1S/C43H52N4O7/c1-5-6-8-14-35-29-44-41(47(35)24-26-53-30-36-15-11-25-54-36)39(48)32-16-20-45(21-17-32)22-18-43(34-12-9-7-10-13-34)19-23-46(31-43)42(49)33-27-37(50-2)40(52-4)38(28-33)51-3/h5-15,25,27-29,32H,16-24,26,30-31H2,1-4H3/b6-5-,14-8-. The zero-order valence-electron chi connectivity index (χ0n) is 31.9. The third-order valence-electron chi connectivity index (χ3n) is 10.8. The molecule has 11 nitrogen and oxygen atoms in total. The van der Waals surface area contributed by atoms with Crippen molar-refractivity contribution in [1.29, 1.82) is 0 Å². The number of ether oxygens (including phenoxy) is 4. The number of nitrogens with zero attached hydrogens (tertiary/aromatic N) is 4. The third-order valence-corrected chi connectivity index (χ3v) is 10.8. The van der Waals surface area contributed by atoms with Gasteiger partial charge in [-0.3, -0.25) is 9.59 Å². The van der Waals surface area contributed by atoms with E-state index in [4.69, 9.17) is 23.4 Å². The molecule has 2 aromatic carbocycles. The lowest BCUT2D eigenvalue weighted by Gasteiger charge is -2.36. The zero-order chi connectivity index (χ0) is 37.9. The molecule has 2 aromatic heterocycles. The molecule has 2 saturated heterocycles. The molecule has 6 rings (SSSR count). The van der Waals surface area contributed by atoms with Crippen LogP contribution in [0.4, 0.5) is 0 Å². The van der Waals surface area contributed by atoms with Gasteiger partial charge in [0.2, 0.25) is 11.5 Å². The van der Waals surface area contributed by atoms with Crippen LogP contribution in [-0.2, 0) is 23.3 Å². The smallest absolute Gasteiger partial charge is 0.254 e. The van der Waals surface area contributed by atoms with Crippen LogP contribution in [0.15, 0.2) is 89.7 Å². The Morgan fingerprint density at radius 3 is 2.37 bits per heavy atom. The van der Waals surface area contributed by atoms with Crippen LogP contribution >= 0.6 is 0 Å². The number of allylic oxidation sites excluding steroid dienone is 3. The number of benzene rings is 2. The van der Waals surface area contributed by atoms with Gasteiger partial charge in [0.05, 0.1) is 46.1 Å². The molecule has 2 aliphatic heterocycles. The fourth-order valence-electron chi connectivity index (χ4n) is 7.72. The number of hydrogen-bond acceptors (Lipinski definition) is 9. The Morgan fingerprint density at radius 1 is 0.944 bits per heavy atom. The van der Waals surface area contributed by atoms with E-state index < -0.39 is 0 Å². The molecular weight excluding hydrogens is 684 g/mol. The molecule has 11 heteroatoms. The van der Waals surface area contributed by atoms with E-state index in [2.05, 4.69) is 34.1 Å². The summed E-state index contributed by atoms with van der Waals surface area (Å²) >= 11 is 0. The third kappa shape index (κ3) is 8.80. The summed E-state index contributed by atoms with van der Waals surface area (Å²) in [5.41, 5.74) is 2.43. The molecule has 54 heavy (non-hydrogen) atoms.